The molecule has 7 heteroatoms. The third-order valence-electron chi connectivity index (χ3n) is 3.79. The lowest BCUT2D eigenvalue weighted by molar-refractivity contribution is 0.423. The summed E-state index contributed by atoms with van der Waals surface area (Å²) in [5, 5.41) is 5.53. The average Bonchev–Trinajstić information content (AvgIpc) is 2.95. The van der Waals surface area contributed by atoms with Crippen molar-refractivity contribution >= 4 is 33.1 Å². The van der Waals surface area contributed by atoms with Crippen LogP contribution in [0.4, 0.5) is 0 Å². The molecule has 120 valence electrons. The molecule has 0 radical (unpaired) electrons. The van der Waals surface area contributed by atoms with Crippen LogP contribution in [0.15, 0.2) is 15.7 Å². The Hall–Kier alpha value is -0.0800. The van der Waals surface area contributed by atoms with E-state index in [1.807, 2.05) is 12.3 Å². The number of sulfonamides is 1. The number of rotatable bonds is 7. The molecule has 1 aliphatic rings. The Morgan fingerprint density at radius 2 is 2.14 bits per heavy atom. The highest BCUT2D eigenvalue weighted by atomic mass is 32.2. The molecule has 0 bridgehead atoms. The summed E-state index contributed by atoms with van der Waals surface area (Å²) in [6.07, 6.45) is 6.43. The van der Waals surface area contributed by atoms with Crippen LogP contribution in [0, 0.1) is 0 Å². The smallest absolute Gasteiger partial charge is 0.250 e. The lowest BCUT2D eigenvalue weighted by Gasteiger charge is -2.30. The highest BCUT2D eigenvalue weighted by Gasteiger charge is 2.29. The molecule has 1 saturated carbocycles. The summed E-state index contributed by atoms with van der Waals surface area (Å²) in [6.45, 7) is 3.64. The van der Waals surface area contributed by atoms with E-state index < -0.39 is 10.0 Å². The predicted octanol–water partition coefficient (Wildman–Crippen LogP) is 2.81. The molecule has 1 aliphatic carbocycles. The van der Waals surface area contributed by atoms with Crippen molar-refractivity contribution in [2.24, 2.45) is 0 Å². The standard InChI is InChI=1S/C14H24N2O2S3/c1-3-15-9-11-8-14(20-10-11)21(17,18)16-12-6-4-5-7-13(12)19-2/h8,10,12-13,15-16H,3-7,9H2,1-2H3. The summed E-state index contributed by atoms with van der Waals surface area (Å²) in [5.41, 5.74) is 1.03. The van der Waals surface area contributed by atoms with Crippen LogP contribution >= 0.6 is 23.1 Å². The molecule has 0 aromatic carbocycles. The topological polar surface area (TPSA) is 58.2 Å². The number of nitrogens with one attached hydrogen (secondary N) is 2. The molecule has 0 saturated heterocycles. The van der Waals surface area contributed by atoms with E-state index in [4.69, 9.17) is 0 Å². The molecule has 1 aromatic heterocycles. The maximum atomic E-state index is 12.5. The van der Waals surface area contributed by atoms with Crippen LogP contribution in [0.1, 0.15) is 38.2 Å². The maximum Gasteiger partial charge on any atom is 0.250 e. The highest BCUT2D eigenvalue weighted by Crippen LogP contribution is 2.29. The van der Waals surface area contributed by atoms with E-state index in [1.165, 1.54) is 17.8 Å². The number of hydrogen-bond donors (Lipinski definition) is 2. The van der Waals surface area contributed by atoms with Gasteiger partial charge in [-0.2, -0.15) is 11.8 Å². The fraction of sp³-hybridized carbons (Fsp3) is 0.714. The van der Waals surface area contributed by atoms with E-state index in [0.29, 0.717) is 9.46 Å². The second-order valence-electron chi connectivity index (χ2n) is 5.34. The molecule has 1 fully saturated rings. The summed E-state index contributed by atoms with van der Waals surface area (Å²) in [5.74, 6) is 0. The third-order valence-corrected chi connectivity index (χ3v) is 7.93. The molecule has 1 heterocycles. The van der Waals surface area contributed by atoms with Crippen LogP contribution in [-0.4, -0.2) is 32.5 Å². The predicted molar refractivity (Wildman–Crippen MR) is 91.6 cm³/mol. The monoisotopic (exact) mass is 348 g/mol. The van der Waals surface area contributed by atoms with Gasteiger partial charge in [0, 0.05) is 17.8 Å². The fourth-order valence-electron chi connectivity index (χ4n) is 2.63. The zero-order valence-corrected chi connectivity index (χ0v) is 15.0. The zero-order valence-electron chi connectivity index (χ0n) is 12.6. The van der Waals surface area contributed by atoms with E-state index in [-0.39, 0.29) is 6.04 Å². The fourth-order valence-corrected chi connectivity index (χ4v) is 6.19. The second-order valence-corrected chi connectivity index (χ2v) is 9.27. The molecule has 0 amide bonds. The van der Waals surface area contributed by atoms with Gasteiger partial charge in [0.2, 0.25) is 10.0 Å². The Labute approximate surface area is 136 Å². The minimum absolute atomic E-state index is 0.0677. The first-order valence-electron chi connectivity index (χ1n) is 7.40. The molecule has 1 aromatic rings. The molecule has 2 N–H and O–H groups in total. The summed E-state index contributed by atoms with van der Waals surface area (Å²) in [6, 6.07) is 1.85. The molecular weight excluding hydrogens is 324 g/mol. The van der Waals surface area contributed by atoms with Crippen molar-refractivity contribution in [3.63, 3.8) is 0 Å². The van der Waals surface area contributed by atoms with Gasteiger partial charge in [0.15, 0.2) is 0 Å². The van der Waals surface area contributed by atoms with E-state index in [0.717, 1.165) is 37.9 Å². The van der Waals surface area contributed by atoms with E-state index in [2.05, 4.69) is 16.3 Å². The summed E-state index contributed by atoms with van der Waals surface area (Å²) in [7, 11) is -3.38. The van der Waals surface area contributed by atoms with Crippen molar-refractivity contribution in [1.82, 2.24) is 10.0 Å². The lowest BCUT2D eigenvalue weighted by atomic mass is 9.96. The van der Waals surface area contributed by atoms with E-state index in [9.17, 15) is 8.42 Å². The third kappa shape index (κ3) is 4.69. The van der Waals surface area contributed by atoms with Gasteiger partial charge in [0.05, 0.1) is 0 Å². The Kier molecular flexibility index (Phi) is 6.55. The van der Waals surface area contributed by atoms with Crippen LogP contribution in [0.2, 0.25) is 0 Å². The molecule has 21 heavy (non-hydrogen) atoms. The molecule has 2 unspecified atom stereocenters. The molecule has 2 atom stereocenters. The average molecular weight is 349 g/mol. The van der Waals surface area contributed by atoms with Gasteiger partial charge < -0.3 is 5.32 Å². The quantitative estimate of drug-likeness (QED) is 0.795. The summed E-state index contributed by atoms with van der Waals surface area (Å²) in [4.78, 5) is 0. The van der Waals surface area contributed by atoms with Crippen molar-refractivity contribution in [3.05, 3.63) is 17.0 Å². The molecular formula is C14H24N2O2S3. The van der Waals surface area contributed by atoms with Crippen molar-refractivity contribution in [3.8, 4) is 0 Å². The zero-order chi connectivity index (χ0) is 15.3. The molecule has 0 spiro atoms. The van der Waals surface area contributed by atoms with Gasteiger partial charge in [-0.25, -0.2) is 13.1 Å². The van der Waals surface area contributed by atoms with Gasteiger partial charge in [-0.1, -0.05) is 19.8 Å². The van der Waals surface area contributed by atoms with Gasteiger partial charge in [0.1, 0.15) is 4.21 Å². The molecule has 2 rings (SSSR count). The van der Waals surface area contributed by atoms with Gasteiger partial charge in [-0.3, -0.25) is 0 Å². The Balaban J connectivity index is 2.05. The van der Waals surface area contributed by atoms with Crippen LogP contribution in [0.25, 0.3) is 0 Å². The van der Waals surface area contributed by atoms with Crippen molar-refractivity contribution in [2.75, 3.05) is 12.8 Å². The van der Waals surface area contributed by atoms with Gasteiger partial charge in [0.25, 0.3) is 0 Å². The molecule has 4 nitrogen and oxygen atoms in total. The van der Waals surface area contributed by atoms with Crippen LogP contribution in [0.3, 0.4) is 0 Å². The Bertz CT molecular complexity index is 542. The summed E-state index contributed by atoms with van der Waals surface area (Å²) < 4.78 is 28.4. The van der Waals surface area contributed by atoms with Crippen LogP contribution < -0.4 is 10.0 Å². The van der Waals surface area contributed by atoms with Gasteiger partial charge in [-0.15, -0.1) is 11.3 Å². The first-order chi connectivity index (χ1) is 10.1. The number of thiophene rings is 1. The minimum Gasteiger partial charge on any atom is -0.313 e. The van der Waals surface area contributed by atoms with Gasteiger partial charge >= 0.3 is 0 Å². The SMILES string of the molecule is CCNCc1csc(S(=O)(=O)NC2CCCCC2SC)c1. The van der Waals surface area contributed by atoms with Crippen molar-refractivity contribution in [1.29, 1.82) is 0 Å². The minimum atomic E-state index is -3.38. The van der Waals surface area contributed by atoms with E-state index in [1.54, 1.807) is 17.8 Å². The highest BCUT2D eigenvalue weighted by molar-refractivity contribution is 7.99. The Morgan fingerprint density at radius 1 is 1.38 bits per heavy atom. The van der Waals surface area contributed by atoms with Crippen LogP contribution in [0.5, 0.6) is 0 Å². The van der Waals surface area contributed by atoms with Crippen LogP contribution in [-0.2, 0) is 16.6 Å². The van der Waals surface area contributed by atoms with Crippen molar-refractivity contribution in [2.45, 2.75) is 54.7 Å². The van der Waals surface area contributed by atoms with Crippen molar-refractivity contribution < 1.29 is 8.42 Å². The van der Waals surface area contributed by atoms with E-state index >= 15 is 0 Å². The second kappa shape index (κ2) is 7.97. The summed E-state index contributed by atoms with van der Waals surface area (Å²) >= 11 is 3.08. The normalized spacial score (nSPS) is 23.3. The Morgan fingerprint density at radius 3 is 2.86 bits per heavy atom. The first kappa shape index (κ1) is 17.3. The largest absolute Gasteiger partial charge is 0.313 e. The first-order valence-corrected chi connectivity index (χ1v) is 11.0. The molecule has 0 aliphatic heterocycles. The lowest BCUT2D eigenvalue weighted by Crippen LogP contribution is -2.43. The number of hydrogen-bond acceptors (Lipinski definition) is 5. The maximum absolute atomic E-state index is 12.5. The number of thioether (sulfide) groups is 1. The van der Waals surface area contributed by atoms with Gasteiger partial charge in [-0.05, 0) is 42.7 Å².